The average Bonchev–Trinajstić information content (AvgIpc) is 2.46. The lowest BCUT2D eigenvalue weighted by atomic mass is 10.2. The number of carbonyl (C=O) groups excluding carboxylic acids is 1. The summed E-state index contributed by atoms with van der Waals surface area (Å²) >= 11 is 6.06. The van der Waals surface area contributed by atoms with Crippen molar-refractivity contribution >= 4 is 23.2 Å². The second-order valence-electron chi connectivity index (χ2n) is 4.36. The predicted octanol–water partition coefficient (Wildman–Crippen LogP) is 3.31. The summed E-state index contributed by atoms with van der Waals surface area (Å²) in [4.78, 5) is 16.3. The van der Waals surface area contributed by atoms with Gasteiger partial charge < -0.3 is 14.8 Å². The van der Waals surface area contributed by atoms with Gasteiger partial charge in [0.1, 0.15) is 11.5 Å². The molecule has 0 aliphatic rings. The molecule has 0 unspecified atom stereocenters. The second-order valence-corrected chi connectivity index (χ2v) is 4.77. The zero-order valence-corrected chi connectivity index (χ0v) is 12.7. The molecule has 5 nitrogen and oxygen atoms in total. The van der Waals surface area contributed by atoms with Crippen LogP contribution < -0.4 is 14.8 Å². The number of benzene rings is 1. The van der Waals surface area contributed by atoms with E-state index >= 15 is 0 Å². The van der Waals surface area contributed by atoms with Gasteiger partial charge in [0.05, 0.1) is 24.8 Å². The molecule has 1 aromatic heterocycles. The highest BCUT2D eigenvalue weighted by Gasteiger charge is 2.12. The Hall–Kier alpha value is -2.27. The molecule has 0 atom stereocenters. The number of pyridine rings is 1. The summed E-state index contributed by atoms with van der Waals surface area (Å²) in [7, 11) is 3.09. The van der Waals surface area contributed by atoms with E-state index in [4.69, 9.17) is 21.1 Å². The molecule has 0 saturated heterocycles. The SMILES string of the molecule is COc1cc(NC(=O)c2cnc(C)cc2Cl)cc(OC)c1. The minimum absolute atomic E-state index is 0.309. The molecule has 0 radical (unpaired) electrons. The standard InChI is InChI=1S/C15H15ClN2O3/c1-9-4-14(16)13(8-17-9)15(19)18-10-5-11(20-2)7-12(6-10)21-3/h4-8H,1-3H3,(H,18,19). The van der Waals surface area contributed by atoms with Gasteiger partial charge >= 0.3 is 0 Å². The van der Waals surface area contributed by atoms with Crippen molar-refractivity contribution < 1.29 is 14.3 Å². The number of nitrogens with zero attached hydrogens (tertiary/aromatic N) is 1. The number of halogens is 1. The molecule has 6 heteroatoms. The van der Waals surface area contributed by atoms with E-state index in [1.165, 1.54) is 6.20 Å². The first-order valence-electron chi connectivity index (χ1n) is 6.20. The third-order valence-electron chi connectivity index (χ3n) is 2.84. The Morgan fingerprint density at radius 1 is 1.14 bits per heavy atom. The molecular weight excluding hydrogens is 292 g/mol. The van der Waals surface area contributed by atoms with Crippen molar-refractivity contribution in [2.75, 3.05) is 19.5 Å². The molecule has 0 aliphatic heterocycles. The summed E-state index contributed by atoms with van der Waals surface area (Å²) in [6.07, 6.45) is 1.45. The molecule has 0 fully saturated rings. The first-order valence-corrected chi connectivity index (χ1v) is 6.58. The fraction of sp³-hybridized carbons (Fsp3) is 0.200. The third-order valence-corrected chi connectivity index (χ3v) is 3.16. The lowest BCUT2D eigenvalue weighted by molar-refractivity contribution is 0.102. The molecule has 0 bridgehead atoms. The van der Waals surface area contributed by atoms with Gasteiger partial charge in [-0.05, 0) is 13.0 Å². The number of aromatic nitrogens is 1. The van der Waals surface area contributed by atoms with Crippen LogP contribution in [0.2, 0.25) is 5.02 Å². The van der Waals surface area contributed by atoms with Crippen LogP contribution in [0.5, 0.6) is 11.5 Å². The molecule has 0 spiro atoms. The predicted molar refractivity (Wildman–Crippen MR) is 81.5 cm³/mol. The molecule has 2 aromatic rings. The van der Waals surface area contributed by atoms with Crippen LogP contribution in [-0.4, -0.2) is 25.1 Å². The van der Waals surface area contributed by atoms with Gasteiger partial charge in [0.15, 0.2) is 0 Å². The molecule has 21 heavy (non-hydrogen) atoms. The fourth-order valence-electron chi connectivity index (χ4n) is 1.77. The van der Waals surface area contributed by atoms with E-state index in [0.29, 0.717) is 27.8 Å². The number of rotatable bonds is 4. The molecular formula is C15H15ClN2O3. The average molecular weight is 307 g/mol. The Kier molecular flexibility index (Phi) is 4.65. The largest absolute Gasteiger partial charge is 0.497 e. The van der Waals surface area contributed by atoms with Crippen LogP contribution >= 0.6 is 11.6 Å². The van der Waals surface area contributed by atoms with Gasteiger partial charge in [-0.25, -0.2) is 0 Å². The van der Waals surface area contributed by atoms with Crippen molar-refractivity contribution in [3.05, 3.63) is 46.7 Å². The highest BCUT2D eigenvalue weighted by atomic mass is 35.5. The first-order chi connectivity index (χ1) is 10.0. The molecule has 1 aromatic carbocycles. The number of aryl methyl sites for hydroxylation is 1. The molecule has 1 heterocycles. The van der Waals surface area contributed by atoms with Crippen molar-refractivity contribution in [3.8, 4) is 11.5 Å². The first kappa shape index (κ1) is 15.1. The van der Waals surface area contributed by atoms with Crippen LogP contribution in [0.4, 0.5) is 5.69 Å². The van der Waals surface area contributed by atoms with Crippen molar-refractivity contribution in [1.82, 2.24) is 4.98 Å². The van der Waals surface area contributed by atoms with Gasteiger partial charge in [0.25, 0.3) is 5.91 Å². The molecule has 0 aliphatic carbocycles. The zero-order valence-electron chi connectivity index (χ0n) is 11.9. The Bertz CT molecular complexity index is 652. The summed E-state index contributed by atoms with van der Waals surface area (Å²) in [6, 6.07) is 6.74. The zero-order chi connectivity index (χ0) is 15.4. The van der Waals surface area contributed by atoms with E-state index in [9.17, 15) is 4.79 Å². The van der Waals surface area contributed by atoms with E-state index < -0.39 is 0 Å². The highest BCUT2D eigenvalue weighted by molar-refractivity contribution is 6.34. The third kappa shape index (κ3) is 3.64. The lowest BCUT2D eigenvalue weighted by Gasteiger charge is -2.10. The Labute approximate surface area is 127 Å². The minimum atomic E-state index is -0.345. The van der Waals surface area contributed by atoms with Crippen molar-refractivity contribution in [3.63, 3.8) is 0 Å². The van der Waals surface area contributed by atoms with E-state index in [0.717, 1.165) is 5.69 Å². The van der Waals surface area contributed by atoms with Crippen LogP contribution in [0.1, 0.15) is 16.1 Å². The van der Waals surface area contributed by atoms with Crippen molar-refractivity contribution in [1.29, 1.82) is 0 Å². The van der Waals surface area contributed by atoms with Crippen LogP contribution in [0, 0.1) is 6.92 Å². The summed E-state index contributed by atoms with van der Waals surface area (Å²) in [5.41, 5.74) is 1.61. The number of hydrogen-bond acceptors (Lipinski definition) is 4. The maximum atomic E-state index is 12.2. The monoisotopic (exact) mass is 306 g/mol. The van der Waals surface area contributed by atoms with Gasteiger partial charge in [-0.1, -0.05) is 11.6 Å². The van der Waals surface area contributed by atoms with E-state index in [1.54, 1.807) is 45.4 Å². The van der Waals surface area contributed by atoms with Crippen LogP contribution in [0.3, 0.4) is 0 Å². The Morgan fingerprint density at radius 2 is 1.76 bits per heavy atom. The highest BCUT2D eigenvalue weighted by Crippen LogP contribution is 2.26. The van der Waals surface area contributed by atoms with Gasteiger partial charge in [-0.2, -0.15) is 0 Å². The smallest absolute Gasteiger partial charge is 0.258 e. The topological polar surface area (TPSA) is 60.5 Å². The van der Waals surface area contributed by atoms with E-state index in [-0.39, 0.29) is 5.91 Å². The molecule has 0 saturated carbocycles. The van der Waals surface area contributed by atoms with Gasteiger partial charge in [-0.3, -0.25) is 9.78 Å². The number of ether oxygens (including phenoxy) is 2. The summed E-state index contributed by atoms with van der Waals surface area (Å²) in [6.45, 7) is 1.81. The molecule has 1 amide bonds. The summed E-state index contributed by atoms with van der Waals surface area (Å²) < 4.78 is 10.3. The number of hydrogen-bond donors (Lipinski definition) is 1. The summed E-state index contributed by atoms with van der Waals surface area (Å²) in [5.74, 6) is 0.818. The minimum Gasteiger partial charge on any atom is -0.497 e. The van der Waals surface area contributed by atoms with Crippen LogP contribution in [0.15, 0.2) is 30.5 Å². The van der Waals surface area contributed by atoms with Crippen LogP contribution in [0.25, 0.3) is 0 Å². The summed E-state index contributed by atoms with van der Waals surface area (Å²) in [5, 5.41) is 3.10. The van der Waals surface area contributed by atoms with E-state index in [2.05, 4.69) is 10.3 Å². The number of nitrogens with one attached hydrogen (secondary N) is 1. The quantitative estimate of drug-likeness (QED) is 0.941. The van der Waals surface area contributed by atoms with Crippen LogP contribution in [-0.2, 0) is 0 Å². The van der Waals surface area contributed by atoms with Gasteiger partial charge in [-0.15, -0.1) is 0 Å². The fourth-order valence-corrected chi connectivity index (χ4v) is 2.06. The van der Waals surface area contributed by atoms with Crippen molar-refractivity contribution in [2.24, 2.45) is 0 Å². The number of methoxy groups -OCH3 is 2. The lowest BCUT2D eigenvalue weighted by Crippen LogP contribution is -2.13. The molecule has 110 valence electrons. The Morgan fingerprint density at radius 3 is 2.29 bits per heavy atom. The molecule has 1 N–H and O–H groups in total. The van der Waals surface area contributed by atoms with Crippen molar-refractivity contribution in [2.45, 2.75) is 6.92 Å². The number of anilines is 1. The van der Waals surface area contributed by atoms with Gasteiger partial charge in [0, 0.05) is 35.8 Å². The number of carbonyl (C=O) groups is 1. The maximum Gasteiger partial charge on any atom is 0.258 e. The Balaban J connectivity index is 2.26. The van der Waals surface area contributed by atoms with Gasteiger partial charge in [0.2, 0.25) is 0 Å². The maximum absolute atomic E-state index is 12.2. The number of amides is 1. The molecule has 2 rings (SSSR count). The second kappa shape index (κ2) is 6.45. The van der Waals surface area contributed by atoms with E-state index in [1.807, 2.05) is 0 Å². The normalized spacial score (nSPS) is 10.1.